The molecule has 2 amide bonds. The smallest absolute Gasteiger partial charge is 0.313 e. The van der Waals surface area contributed by atoms with E-state index in [9.17, 15) is 18.0 Å². The number of anilines is 1. The van der Waals surface area contributed by atoms with Crippen molar-refractivity contribution in [3.8, 4) is 5.75 Å². The van der Waals surface area contributed by atoms with Gasteiger partial charge in [-0.15, -0.1) is 0 Å². The number of carbonyl (C=O) groups is 2. The van der Waals surface area contributed by atoms with Gasteiger partial charge in [0.05, 0.1) is 4.90 Å². The molecule has 3 aromatic rings. The lowest BCUT2D eigenvalue weighted by Crippen LogP contribution is -2.36. The van der Waals surface area contributed by atoms with Gasteiger partial charge in [0.2, 0.25) is 10.0 Å². The van der Waals surface area contributed by atoms with Crippen molar-refractivity contribution in [2.24, 2.45) is 0 Å². The molecule has 1 fully saturated rings. The molecule has 188 valence electrons. The third-order valence-electron chi connectivity index (χ3n) is 5.89. The van der Waals surface area contributed by atoms with Crippen LogP contribution in [0.5, 0.6) is 5.75 Å². The summed E-state index contributed by atoms with van der Waals surface area (Å²) in [5.41, 5.74) is 2.40. The molecule has 0 radical (unpaired) electrons. The van der Waals surface area contributed by atoms with Crippen LogP contribution in [0.2, 0.25) is 0 Å². The molecule has 1 aliphatic heterocycles. The van der Waals surface area contributed by atoms with Crippen molar-refractivity contribution >= 4 is 27.5 Å². The Labute approximate surface area is 211 Å². The number of carbonyl (C=O) groups excluding carboxylic acids is 2. The minimum Gasteiger partial charge on any atom is -0.489 e. The zero-order valence-electron chi connectivity index (χ0n) is 19.9. The normalized spacial score (nSPS) is 13.8. The van der Waals surface area contributed by atoms with E-state index in [1.807, 2.05) is 30.3 Å². The van der Waals surface area contributed by atoms with Crippen LogP contribution in [0.3, 0.4) is 0 Å². The molecule has 0 atom stereocenters. The number of hydrogen-bond donors (Lipinski definition) is 2. The molecule has 1 saturated heterocycles. The van der Waals surface area contributed by atoms with Gasteiger partial charge in [0.25, 0.3) is 0 Å². The molecule has 0 saturated carbocycles. The molecule has 0 spiro atoms. The predicted octanol–water partition coefficient (Wildman–Crippen LogP) is 3.35. The van der Waals surface area contributed by atoms with Gasteiger partial charge in [-0.25, -0.2) is 8.42 Å². The quantitative estimate of drug-likeness (QED) is 0.432. The maximum Gasteiger partial charge on any atom is 0.313 e. The fourth-order valence-electron chi connectivity index (χ4n) is 3.87. The van der Waals surface area contributed by atoms with E-state index in [0.717, 1.165) is 24.0 Å². The lowest BCUT2D eigenvalue weighted by Gasteiger charge is -2.15. The number of hydrogen-bond acceptors (Lipinski definition) is 5. The van der Waals surface area contributed by atoms with Gasteiger partial charge in [-0.2, -0.15) is 4.31 Å². The lowest BCUT2D eigenvalue weighted by molar-refractivity contribution is -0.136. The Hall–Kier alpha value is -3.69. The number of sulfonamides is 1. The van der Waals surface area contributed by atoms with Gasteiger partial charge in [-0.3, -0.25) is 9.59 Å². The molecule has 9 heteroatoms. The van der Waals surface area contributed by atoms with Gasteiger partial charge < -0.3 is 15.4 Å². The van der Waals surface area contributed by atoms with Crippen molar-refractivity contribution in [1.29, 1.82) is 0 Å². The van der Waals surface area contributed by atoms with E-state index in [2.05, 4.69) is 10.6 Å². The first-order chi connectivity index (χ1) is 17.4. The van der Waals surface area contributed by atoms with E-state index in [1.54, 1.807) is 48.5 Å². The SMILES string of the molecule is O=C(NCCc1ccc(S(=O)(=O)N2CCCC2)cc1)C(=O)Nc1ccc(OCc2ccccc2)cc1. The Morgan fingerprint density at radius 1 is 0.806 bits per heavy atom. The van der Waals surface area contributed by atoms with Crippen LogP contribution in [-0.4, -0.2) is 44.2 Å². The fraction of sp³-hybridized carbons (Fsp3) is 0.259. The molecule has 0 aromatic heterocycles. The van der Waals surface area contributed by atoms with Gasteiger partial charge >= 0.3 is 11.8 Å². The average Bonchev–Trinajstić information content (AvgIpc) is 3.45. The summed E-state index contributed by atoms with van der Waals surface area (Å²) >= 11 is 0. The van der Waals surface area contributed by atoms with Crippen LogP contribution in [0.15, 0.2) is 83.8 Å². The average molecular weight is 508 g/mol. The van der Waals surface area contributed by atoms with Crippen molar-refractivity contribution in [3.05, 3.63) is 90.0 Å². The lowest BCUT2D eigenvalue weighted by atomic mass is 10.1. The van der Waals surface area contributed by atoms with Crippen molar-refractivity contribution in [3.63, 3.8) is 0 Å². The van der Waals surface area contributed by atoms with Crippen molar-refractivity contribution in [1.82, 2.24) is 9.62 Å². The molecular formula is C27H29N3O5S. The zero-order valence-corrected chi connectivity index (χ0v) is 20.7. The number of ether oxygens (including phenoxy) is 1. The first kappa shape index (κ1) is 25.4. The summed E-state index contributed by atoms with van der Waals surface area (Å²) in [7, 11) is -3.45. The van der Waals surface area contributed by atoms with Crippen LogP contribution < -0.4 is 15.4 Å². The Kier molecular flexibility index (Phi) is 8.35. The summed E-state index contributed by atoms with van der Waals surface area (Å²) in [5, 5.41) is 5.15. The van der Waals surface area contributed by atoms with Crippen LogP contribution in [0.1, 0.15) is 24.0 Å². The third kappa shape index (κ3) is 6.71. The molecule has 2 N–H and O–H groups in total. The Balaban J connectivity index is 1.20. The monoisotopic (exact) mass is 507 g/mol. The molecule has 8 nitrogen and oxygen atoms in total. The molecule has 36 heavy (non-hydrogen) atoms. The molecule has 0 unspecified atom stereocenters. The molecule has 1 heterocycles. The second-order valence-electron chi connectivity index (χ2n) is 8.51. The van der Waals surface area contributed by atoms with Crippen LogP contribution in [0, 0.1) is 0 Å². The zero-order chi connectivity index (χ0) is 25.4. The Morgan fingerprint density at radius 2 is 1.47 bits per heavy atom. The largest absolute Gasteiger partial charge is 0.489 e. The highest BCUT2D eigenvalue weighted by atomic mass is 32.2. The highest BCUT2D eigenvalue weighted by Gasteiger charge is 2.26. The van der Waals surface area contributed by atoms with Gasteiger partial charge in [0.15, 0.2) is 0 Å². The standard InChI is InChI=1S/C27H29N3O5S/c31-26(27(32)29-23-10-12-24(13-11-23)35-20-22-6-2-1-3-7-22)28-17-16-21-8-14-25(15-9-21)36(33,34)30-18-4-5-19-30/h1-3,6-15H,4-5,16-20H2,(H,28,31)(H,29,32). The summed E-state index contributed by atoms with van der Waals surface area (Å²) < 4.78 is 32.4. The fourth-order valence-corrected chi connectivity index (χ4v) is 5.39. The van der Waals surface area contributed by atoms with E-state index in [1.165, 1.54) is 4.31 Å². The highest BCUT2D eigenvalue weighted by Crippen LogP contribution is 2.21. The predicted molar refractivity (Wildman–Crippen MR) is 137 cm³/mol. The second-order valence-corrected chi connectivity index (χ2v) is 10.5. The van der Waals surface area contributed by atoms with Crippen molar-refractivity contribution in [2.75, 3.05) is 25.0 Å². The summed E-state index contributed by atoms with van der Waals surface area (Å²) in [5.74, 6) is -0.854. The van der Waals surface area contributed by atoms with Crippen molar-refractivity contribution < 1.29 is 22.7 Å². The maximum atomic E-state index is 12.6. The molecule has 3 aromatic carbocycles. The van der Waals surface area contributed by atoms with Gasteiger partial charge in [-0.05, 0) is 66.8 Å². The number of nitrogens with one attached hydrogen (secondary N) is 2. The molecule has 0 aliphatic carbocycles. The minimum absolute atomic E-state index is 0.247. The van der Waals surface area contributed by atoms with Gasteiger partial charge in [0, 0.05) is 25.3 Å². The maximum absolute atomic E-state index is 12.6. The van der Waals surface area contributed by atoms with E-state index in [-0.39, 0.29) is 11.4 Å². The summed E-state index contributed by atoms with van der Waals surface area (Å²) in [6.07, 6.45) is 2.24. The Morgan fingerprint density at radius 3 is 2.14 bits per heavy atom. The molecular weight excluding hydrogens is 478 g/mol. The molecule has 1 aliphatic rings. The molecule has 4 rings (SSSR count). The first-order valence-corrected chi connectivity index (χ1v) is 13.3. The topological polar surface area (TPSA) is 105 Å². The summed E-state index contributed by atoms with van der Waals surface area (Å²) in [4.78, 5) is 24.6. The molecule has 0 bridgehead atoms. The second kappa shape index (κ2) is 11.8. The van der Waals surface area contributed by atoms with E-state index in [4.69, 9.17) is 4.74 Å². The van der Waals surface area contributed by atoms with Crippen LogP contribution in [0.4, 0.5) is 5.69 Å². The number of benzene rings is 3. The van der Waals surface area contributed by atoms with Gasteiger partial charge in [0.1, 0.15) is 12.4 Å². The Bertz CT molecular complexity index is 1270. The van der Waals surface area contributed by atoms with Crippen LogP contribution >= 0.6 is 0 Å². The van der Waals surface area contributed by atoms with E-state index in [0.29, 0.717) is 37.6 Å². The van der Waals surface area contributed by atoms with Crippen LogP contribution in [-0.2, 0) is 32.6 Å². The highest BCUT2D eigenvalue weighted by molar-refractivity contribution is 7.89. The number of rotatable bonds is 9. The number of amides is 2. The van der Waals surface area contributed by atoms with E-state index >= 15 is 0 Å². The first-order valence-electron chi connectivity index (χ1n) is 11.9. The van der Waals surface area contributed by atoms with Crippen LogP contribution in [0.25, 0.3) is 0 Å². The third-order valence-corrected chi connectivity index (χ3v) is 7.81. The minimum atomic E-state index is -3.45. The van der Waals surface area contributed by atoms with E-state index < -0.39 is 21.8 Å². The summed E-state index contributed by atoms with van der Waals surface area (Å²) in [6.45, 7) is 1.80. The van der Waals surface area contributed by atoms with Crippen molar-refractivity contribution in [2.45, 2.75) is 30.8 Å². The number of nitrogens with zero attached hydrogens (tertiary/aromatic N) is 1. The summed E-state index contributed by atoms with van der Waals surface area (Å²) in [6, 6.07) is 23.2. The van der Waals surface area contributed by atoms with Gasteiger partial charge in [-0.1, -0.05) is 42.5 Å².